The molecule has 0 radical (unpaired) electrons. The second kappa shape index (κ2) is 11.0. The van der Waals surface area contributed by atoms with Gasteiger partial charge in [0.05, 0.1) is 30.8 Å². The van der Waals surface area contributed by atoms with Crippen molar-refractivity contribution in [3.63, 3.8) is 0 Å². The van der Waals surface area contributed by atoms with E-state index < -0.39 is 17.5 Å². The molecule has 3 fully saturated rings. The van der Waals surface area contributed by atoms with Crippen LogP contribution in [0.15, 0.2) is 48.5 Å². The topological polar surface area (TPSA) is 78.1 Å². The van der Waals surface area contributed by atoms with Gasteiger partial charge in [0.1, 0.15) is 11.5 Å². The largest absolute Gasteiger partial charge is 0.573 e. The summed E-state index contributed by atoms with van der Waals surface area (Å²) in [4.78, 5) is 13.3. The van der Waals surface area contributed by atoms with Gasteiger partial charge in [0, 0.05) is 37.8 Å². The molecule has 0 saturated carbocycles. The van der Waals surface area contributed by atoms with Gasteiger partial charge in [-0.15, -0.1) is 13.2 Å². The van der Waals surface area contributed by atoms with Crippen molar-refractivity contribution in [2.75, 3.05) is 34.0 Å². The van der Waals surface area contributed by atoms with Crippen LogP contribution >= 0.6 is 0 Å². The zero-order valence-electron chi connectivity index (χ0n) is 22.2. The van der Waals surface area contributed by atoms with Crippen LogP contribution in [0.3, 0.4) is 0 Å². The predicted molar refractivity (Wildman–Crippen MR) is 138 cm³/mol. The van der Waals surface area contributed by atoms with Crippen LogP contribution in [0.5, 0.6) is 11.5 Å². The fraction of sp³-hybridized carbons (Fsp3) is 0.552. The number of methoxy groups -OCH3 is 2. The number of piperidine rings is 1. The number of benzene rings is 2. The van der Waals surface area contributed by atoms with Gasteiger partial charge < -0.3 is 29.6 Å². The summed E-state index contributed by atoms with van der Waals surface area (Å²) in [6.45, 7) is 1.45. The van der Waals surface area contributed by atoms with Crippen LogP contribution in [0.2, 0.25) is 0 Å². The van der Waals surface area contributed by atoms with Gasteiger partial charge in [-0.25, -0.2) is 0 Å². The Kier molecular flexibility index (Phi) is 7.81. The molecule has 7 nitrogen and oxygen atoms in total. The number of carbonyl (C=O) groups is 1. The fourth-order valence-electron chi connectivity index (χ4n) is 6.84. The molecule has 2 bridgehead atoms. The molecule has 2 aromatic rings. The highest BCUT2D eigenvalue weighted by Gasteiger charge is 2.65. The van der Waals surface area contributed by atoms with Crippen molar-refractivity contribution in [3.8, 4) is 11.5 Å². The lowest BCUT2D eigenvalue weighted by atomic mass is 9.67. The number of rotatable bonds is 9. The standard InChI is InChI=1S/C29H35F3N2O5/c1-36-14-6-13-33-26(35)23-17-28(20-7-4-3-5-8-20)27(12-11-24(23)34-28)16-19(18-38-27)22-15-21(39-29(30,31)32)9-10-25(22)37-2/h3-5,7-10,15,19,23-24,34H,6,11-14,16-18H2,1-2H3,(H,33,35)/t19-,23?,24-,27-,28-/m1/s1. The number of carbonyl (C=O) groups excluding carboxylic acids is 1. The third-order valence-electron chi connectivity index (χ3n) is 8.52. The lowest BCUT2D eigenvalue weighted by Gasteiger charge is -2.50. The number of amides is 1. The molecule has 0 aromatic heterocycles. The Hall–Kier alpha value is -2.82. The average molecular weight is 549 g/mol. The molecular formula is C29H35F3N2O5. The van der Waals surface area contributed by atoms with Crippen molar-refractivity contribution < 1.29 is 36.9 Å². The molecule has 1 spiro atoms. The van der Waals surface area contributed by atoms with E-state index in [1.165, 1.54) is 25.3 Å². The Morgan fingerprint density at radius 2 is 1.95 bits per heavy atom. The maximum absolute atomic E-state index is 13.3. The number of alkyl halides is 3. The van der Waals surface area contributed by atoms with Crippen molar-refractivity contribution in [1.82, 2.24) is 10.6 Å². The lowest BCUT2D eigenvalue weighted by molar-refractivity contribution is -0.274. The number of nitrogens with one attached hydrogen (secondary N) is 2. The highest BCUT2D eigenvalue weighted by atomic mass is 19.4. The molecule has 3 aliphatic heterocycles. The van der Waals surface area contributed by atoms with E-state index in [0.29, 0.717) is 43.9 Å². The Balaban J connectivity index is 1.45. The van der Waals surface area contributed by atoms with Crippen molar-refractivity contribution in [3.05, 3.63) is 59.7 Å². The first-order valence-electron chi connectivity index (χ1n) is 13.4. The summed E-state index contributed by atoms with van der Waals surface area (Å²) in [6.07, 6.45) is -1.43. The van der Waals surface area contributed by atoms with Gasteiger partial charge in [0.2, 0.25) is 5.91 Å². The Bertz CT molecular complexity index is 1160. The second-order valence-electron chi connectivity index (χ2n) is 10.7. The molecule has 10 heteroatoms. The molecule has 212 valence electrons. The minimum absolute atomic E-state index is 0.000967. The second-order valence-corrected chi connectivity index (χ2v) is 10.7. The maximum Gasteiger partial charge on any atom is 0.573 e. The number of fused-ring (bicyclic) bond motifs is 3. The molecule has 3 heterocycles. The molecular weight excluding hydrogens is 513 g/mol. The average Bonchev–Trinajstić information content (AvgIpc) is 3.50. The summed E-state index contributed by atoms with van der Waals surface area (Å²) in [7, 11) is 3.14. The lowest BCUT2D eigenvalue weighted by Crippen LogP contribution is -2.61. The third-order valence-corrected chi connectivity index (χ3v) is 8.52. The van der Waals surface area contributed by atoms with Crippen LogP contribution in [-0.4, -0.2) is 57.9 Å². The Labute approximate surface area is 226 Å². The molecule has 5 atom stereocenters. The molecule has 5 rings (SSSR count). The quantitative estimate of drug-likeness (QED) is 0.444. The number of ether oxygens (including phenoxy) is 4. The van der Waals surface area contributed by atoms with E-state index in [1.807, 2.05) is 18.2 Å². The van der Waals surface area contributed by atoms with Gasteiger partial charge in [0.25, 0.3) is 0 Å². The van der Waals surface area contributed by atoms with E-state index in [-0.39, 0.29) is 29.5 Å². The monoisotopic (exact) mass is 548 g/mol. The van der Waals surface area contributed by atoms with E-state index in [1.54, 1.807) is 7.11 Å². The van der Waals surface area contributed by atoms with Crippen molar-refractivity contribution in [1.29, 1.82) is 0 Å². The maximum atomic E-state index is 13.3. The molecule has 0 aliphatic carbocycles. The van der Waals surface area contributed by atoms with Gasteiger partial charge in [-0.1, -0.05) is 30.3 Å². The van der Waals surface area contributed by atoms with Crippen LogP contribution in [0.4, 0.5) is 13.2 Å². The molecule has 2 N–H and O–H groups in total. The van der Waals surface area contributed by atoms with Crippen molar-refractivity contribution in [2.24, 2.45) is 5.92 Å². The minimum atomic E-state index is -4.79. The smallest absolute Gasteiger partial charge is 0.496 e. The van der Waals surface area contributed by atoms with Gasteiger partial charge >= 0.3 is 6.36 Å². The molecule has 39 heavy (non-hydrogen) atoms. The van der Waals surface area contributed by atoms with Crippen LogP contribution in [0, 0.1) is 5.92 Å². The van der Waals surface area contributed by atoms with E-state index in [2.05, 4.69) is 27.5 Å². The van der Waals surface area contributed by atoms with Crippen LogP contribution in [-0.2, 0) is 19.8 Å². The molecule has 3 aliphatic rings. The molecule has 3 saturated heterocycles. The van der Waals surface area contributed by atoms with Crippen LogP contribution < -0.4 is 20.1 Å². The van der Waals surface area contributed by atoms with E-state index in [9.17, 15) is 18.0 Å². The summed E-state index contributed by atoms with van der Waals surface area (Å²) < 4.78 is 60.4. The first kappa shape index (κ1) is 27.7. The van der Waals surface area contributed by atoms with Crippen molar-refractivity contribution >= 4 is 5.91 Å². The predicted octanol–water partition coefficient (Wildman–Crippen LogP) is 4.66. The zero-order valence-corrected chi connectivity index (χ0v) is 22.2. The summed E-state index contributed by atoms with van der Waals surface area (Å²) in [5.41, 5.74) is 0.401. The van der Waals surface area contributed by atoms with Gasteiger partial charge in [-0.2, -0.15) is 0 Å². The van der Waals surface area contributed by atoms with E-state index in [0.717, 1.165) is 24.8 Å². The molecule has 1 amide bonds. The van der Waals surface area contributed by atoms with E-state index in [4.69, 9.17) is 14.2 Å². The molecule has 2 aromatic carbocycles. The fourth-order valence-corrected chi connectivity index (χ4v) is 6.84. The normalized spacial score (nSPS) is 29.9. The van der Waals surface area contributed by atoms with Crippen LogP contribution in [0.1, 0.15) is 49.1 Å². The minimum Gasteiger partial charge on any atom is -0.496 e. The first-order valence-corrected chi connectivity index (χ1v) is 13.4. The summed E-state index contributed by atoms with van der Waals surface area (Å²) >= 11 is 0. The summed E-state index contributed by atoms with van der Waals surface area (Å²) in [5.74, 6) is -0.215. The van der Waals surface area contributed by atoms with E-state index >= 15 is 0 Å². The Morgan fingerprint density at radius 1 is 1.15 bits per heavy atom. The zero-order chi connectivity index (χ0) is 27.7. The Morgan fingerprint density at radius 3 is 2.67 bits per heavy atom. The third kappa shape index (κ3) is 5.34. The number of halogens is 3. The summed E-state index contributed by atoms with van der Waals surface area (Å²) in [5, 5.41) is 6.89. The molecule has 1 unspecified atom stereocenters. The number of hydrogen-bond donors (Lipinski definition) is 2. The van der Waals surface area contributed by atoms with Gasteiger partial charge in [0.15, 0.2) is 0 Å². The highest BCUT2D eigenvalue weighted by molar-refractivity contribution is 5.80. The summed E-state index contributed by atoms with van der Waals surface area (Å²) in [6, 6.07) is 14.2. The first-order chi connectivity index (χ1) is 18.7. The van der Waals surface area contributed by atoms with Gasteiger partial charge in [-0.3, -0.25) is 4.79 Å². The van der Waals surface area contributed by atoms with Crippen LogP contribution in [0.25, 0.3) is 0 Å². The van der Waals surface area contributed by atoms with Crippen molar-refractivity contribution in [2.45, 2.75) is 61.6 Å². The SMILES string of the molecule is COCCCNC(=O)C1C[C@]2(c3ccccc3)N[C@@H]1CC[C@@]21C[C@@H](c2cc(OC(F)(F)F)ccc2OC)CO1. The highest BCUT2D eigenvalue weighted by Crippen LogP contribution is 2.59. The van der Waals surface area contributed by atoms with Gasteiger partial charge in [-0.05, 0) is 55.9 Å². The number of hydrogen-bond acceptors (Lipinski definition) is 6.